The average Bonchev–Trinajstić information content (AvgIpc) is 2.45. The summed E-state index contributed by atoms with van der Waals surface area (Å²) >= 11 is 0. The number of hydrogen-bond acceptors (Lipinski definition) is 4. The third kappa shape index (κ3) is 4.58. The van der Waals surface area contributed by atoms with Gasteiger partial charge in [0.05, 0.1) is 13.0 Å². The van der Waals surface area contributed by atoms with Crippen molar-refractivity contribution in [1.29, 1.82) is 0 Å². The Hall–Kier alpha value is -0.910. The van der Waals surface area contributed by atoms with E-state index >= 15 is 0 Å². The topological polar surface area (TPSA) is 36.0 Å². The fourth-order valence-electron chi connectivity index (χ4n) is 2.88. The van der Waals surface area contributed by atoms with Gasteiger partial charge < -0.3 is 14.5 Å². The minimum atomic E-state index is 0.225. The molecular weight excluding hydrogens is 254 g/mol. The Morgan fingerprint density at radius 2 is 2.00 bits per heavy atom. The van der Waals surface area contributed by atoms with E-state index in [-0.39, 0.29) is 5.91 Å². The van der Waals surface area contributed by atoms with Crippen LogP contribution in [0.25, 0.3) is 0 Å². The van der Waals surface area contributed by atoms with E-state index in [0.717, 1.165) is 39.3 Å². The molecular formula is C15H27N3O2. The van der Waals surface area contributed by atoms with Crippen molar-refractivity contribution in [3.63, 3.8) is 0 Å². The first kappa shape index (κ1) is 15.5. The van der Waals surface area contributed by atoms with Gasteiger partial charge in [0.25, 0.3) is 0 Å². The summed E-state index contributed by atoms with van der Waals surface area (Å²) in [4.78, 5) is 18.7. The van der Waals surface area contributed by atoms with Crippen molar-refractivity contribution < 1.29 is 9.53 Å². The first-order chi connectivity index (χ1) is 9.69. The van der Waals surface area contributed by atoms with Crippen molar-refractivity contribution in [2.45, 2.75) is 12.8 Å². The second-order valence-electron chi connectivity index (χ2n) is 5.79. The molecule has 1 saturated heterocycles. The molecule has 0 N–H and O–H groups in total. The summed E-state index contributed by atoms with van der Waals surface area (Å²) in [6, 6.07) is 0. The fraction of sp³-hybridized carbons (Fsp3) is 0.800. The molecule has 114 valence electrons. The van der Waals surface area contributed by atoms with E-state index in [1.54, 1.807) is 7.11 Å². The number of rotatable bonds is 5. The smallest absolute Gasteiger partial charge is 0.224 e. The number of nitrogens with zero attached hydrogens (tertiary/aromatic N) is 3. The summed E-state index contributed by atoms with van der Waals surface area (Å²) in [5.74, 6) is 0.225. The molecule has 5 heteroatoms. The predicted molar refractivity (Wildman–Crippen MR) is 79.7 cm³/mol. The highest BCUT2D eigenvalue weighted by Crippen LogP contribution is 2.11. The number of methoxy groups -OCH3 is 1. The maximum absolute atomic E-state index is 11.9. The van der Waals surface area contributed by atoms with Crippen LogP contribution in [0.3, 0.4) is 0 Å². The van der Waals surface area contributed by atoms with Gasteiger partial charge in [-0.3, -0.25) is 9.69 Å². The van der Waals surface area contributed by atoms with Crippen LogP contribution in [0.2, 0.25) is 0 Å². The molecule has 2 rings (SSSR count). The number of amides is 1. The van der Waals surface area contributed by atoms with Crippen LogP contribution in [0, 0.1) is 0 Å². The first-order valence-corrected chi connectivity index (χ1v) is 7.54. The highest BCUT2D eigenvalue weighted by atomic mass is 16.5. The van der Waals surface area contributed by atoms with Gasteiger partial charge in [-0.25, -0.2) is 0 Å². The minimum Gasteiger partial charge on any atom is -0.384 e. The molecule has 5 nitrogen and oxygen atoms in total. The lowest BCUT2D eigenvalue weighted by Gasteiger charge is -2.36. The van der Waals surface area contributed by atoms with Crippen molar-refractivity contribution in [2.24, 2.45) is 0 Å². The zero-order valence-corrected chi connectivity index (χ0v) is 12.8. The first-order valence-electron chi connectivity index (χ1n) is 7.54. The Bertz CT molecular complexity index is 349. The Labute approximate surface area is 122 Å². The Morgan fingerprint density at radius 1 is 1.25 bits per heavy atom. The van der Waals surface area contributed by atoms with Crippen LogP contribution >= 0.6 is 0 Å². The quantitative estimate of drug-likeness (QED) is 0.685. The number of carbonyl (C=O) groups excluding carboxylic acids is 1. The zero-order chi connectivity index (χ0) is 14.4. The van der Waals surface area contributed by atoms with Crippen molar-refractivity contribution >= 4 is 5.91 Å². The summed E-state index contributed by atoms with van der Waals surface area (Å²) < 4.78 is 4.96. The minimum absolute atomic E-state index is 0.225. The van der Waals surface area contributed by atoms with Gasteiger partial charge >= 0.3 is 0 Å². The molecule has 0 aromatic rings. The predicted octanol–water partition coefficient (Wildman–Crippen LogP) is 0.429. The summed E-state index contributed by atoms with van der Waals surface area (Å²) in [6.45, 7) is 7.53. The lowest BCUT2D eigenvalue weighted by Crippen LogP contribution is -2.49. The second-order valence-corrected chi connectivity index (χ2v) is 5.79. The van der Waals surface area contributed by atoms with Gasteiger partial charge in [-0.1, -0.05) is 6.08 Å². The monoisotopic (exact) mass is 281 g/mol. The molecule has 2 heterocycles. The Kier molecular flexibility index (Phi) is 6.01. The summed E-state index contributed by atoms with van der Waals surface area (Å²) in [6.07, 6.45) is 4.06. The fourth-order valence-corrected chi connectivity index (χ4v) is 2.88. The SMILES string of the molecule is COCCC(=O)N1CCN(CC2=CCCN(C)C2)CC1. The molecule has 0 saturated carbocycles. The molecule has 0 radical (unpaired) electrons. The van der Waals surface area contributed by atoms with Gasteiger partial charge in [-0.2, -0.15) is 0 Å². The third-order valence-electron chi connectivity index (χ3n) is 4.09. The standard InChI is InChI=1S/C15H27N3O2/c1-16-6-3-4-14(12-16)13-17-7-9-18(10-8-17)15(19)5-11-20-2/h4H,3,5-13H2,1-2H3. The maximum Gasteiger partial charge on any atom is 0.224 e. The summed E-state index contributed by atoms with van der Waals surface area (Å²) in [5, 5.41) is 0. The number of ether oxygens (including phenoxy) is 1. The molecule has 2 aliphatic heterocycles. The van der Waals surface area contributed by atoms with Crippen LogP contribution in [0.5, 0.6) is 0 Å². The van der Waals surface area contributed by atoms with E-state index in [2.05, 4.69) is 22.9 Å². The largest absolute Gasteiger partial charge is 0.384 e. The van der Waals surface area contributed by atoms with Crippen LogP contribution in [-0.2, 0) is 9.53 Å². The van der Waals surface area contributed by atoms with E-state index in [4.69, 9.17) is 4.74 Å². The highest BCUT2D eigenvalue weighted by Gasteiger charge is 2.21. The van der Waals surface area contributed by atoms with Crippen molar-refractivity contribution in [3.05, 3.63) is 11.6 Å². The van der Waals surface area contributed by atoms with Gasteiger partial charge in [0.2, 0.25) is 5.91 Å². The Morgan fingerprint density at radius 3 is 2.65 bits per heavy atom. The van der Waals surface area contributed by atoms with Crippen molar-refractivity contribution in [2.75, 3.05) is 66.6 Å². The normalized spacial score (nSPS) is 21.9. The Balaban J connectivity index is 1.71. The van der Waals surface area contributed by atoms with E-state index in [9.17, 15) is 4.79 Å². The van der Waals surface area contributed by atoms with Crippen LogP contribution in [0.15, 0.2) is 11.6 Å². The average molecular weight is 281 g/mol. The van der Waals surface area contributed by atoms with Crippen LogP contribution in [0.4, 0.5) is 0 Å². The highest BCUT2D eigenvalue weighted by molar-refractivity contribution is 5.76. The molecule has 0 aromatic heterocycles. The molecule has 0 bridgehead atoms. The second kappa shape index (κ2) is 7.76. The van der Waals surface area contributed by atoms with E-state index in [1.807, 2.05) is 4.90 Å². The van der Waals surface area contributed by atoms with E-state index in [1.165, 1.54) is 18.5 Å². The lowest BCUT2D eigenvalue weighted by atomic mass is 10.1. The van der Waals surface area contributed by atoms with Gasteiger partial charge in [0.15, 0.2) is 0 Å². The van der Waals surface area contributed by atoms with Crippen molar-refractivity contribution in [3.8, 4) is 0 Å². The zero-order valence-electron chi connectivity index (χ0n) is 12.8. The maximum atomic E-state index is 11.9. The van der Waals surface area contributed by atoms with Gasteiger partial charge in [0, 0.05) is 52.9 Å². The molecule has 2 aliphatic rings. The van der Waals surface area contributed by atoms with Gasteiger partial charge in [-0.15, -0.1) is 0 Å². The molecule has 0 spiro atoms. The summed E-state index contributed by atoms with van der Waals surface area (Å²) in [5.41, 5.74) is 1.53. The van der Waals surface area contributed by atoms with Crippen LogP contribution < -0.4 is 0 Å². The summed E-state index contributed by atoms with van der Waals surface area (Å²) in [7, 11) is 3.82. The molecule has 1 fully saturated rings. The molecule has 1 amide bonds. The molecule has 0 aromatic carbocycles. The molecule has 20 heavy (non-hydrogen) atoms. The van der Waals surface area contributed by atoms with Gasteiger partial charge in [-0.05, 0) is 19.0 Å². The molecule has 0 unspecified atom stereocenters. The van der Waals surface area contributed by atoms with Crippen LogP contribution in [-0.4, -0.2) is 87.2 Å². The van der Waals surface area contributed by atoms with Crippen LogP contribution in [0.1, 0.15) is 12.8 Å². The molecule has 0 atom stereocenters. The van der Waals surface area contributed by atoms with E-state index in [0.29, 0.717) is 13.0 Å². The van der Waals surface area contributed by atoms with Gasteiger partial charge in [0.1, 0.15) is 0 Å². The third-order valence-corrected chi connectivity index (χ3v) is 4.09. The number of carbonyl (C=O) groups is 1. The number of piperazine rings is 1. The lowest BCUT2D eigenvalue weighted by molar-refractivity contribution is -0.133. The number of likely N-dealkylation sites (N-methyl/N-ethyl adjacent to an activating group) is 1. The molecule has 0 aliphatic carbocycles. The van der Waals surface area contributed by atoms with Crippen molar-refractivity contribution in [1.82, 2.24) is 14.7 Å². The number of hydrogen-bond donors (Lipinski definition) is 0. The van der Waals surface area contributed by atoms with E-state index < -0.39 is 0 Å².